The predicted octanol–water partition coefficient (Wildman–Crippen LogP) is 2.11. The zero-order chi connectivity index (χ0) is 15.2. The monoisotopic (exact) mass is 310 g/mol. The first kappa shape index (κ1) is 16.7. The van der Waals surface area contributed by atoms with E-state index in [1.165, 1.54) is 6.07 Å². The molecular weight excluding hydrogens is 293 g/mol. The Morgan fingerprint density at radius 2 is 1.80 bits per heavy atom. The highest BCUT2D eigenvalue weighted by Crippen LogP contribution is 2.28. The van der Waals surface area contributed by atoms with E-state index >= 15 is 0 Å². The molecule has 20 heavy (non-hydrogen) atoms. The Morgan fingerprint density at radius 1 is 1.20 bits per heavy atom. The summed E-state index contributed by atoms with van der Waals surface area (Å²) in [6.07, 6.45) is -4.60. The van der Waals surface area contributed by atoms with Gasteiger partial charge in [0.2, 0.25) is 5.82 Å². The fourth-order valence-electron chi connectivity index (χ4n) is 1.37. The minimum Gasteiger partial charge on any atom is -0.370 e. The van der Waals surface area contributed by atoms with Gasteiger partial charge in [-0.05, 0) is 6.92 Å². The van der Waals surface area contributed by atoms with Crippen LogP contribution < -0.4 is 10.6 Å². The minimum atomic E-state index is -4.60. The van der Waals surface area contributed by atoms with Crippen molar-refractivity contribution in [3.8, 4) is 0 Å². The molecule has 0 radical (unpaired) electrons. The molecule has 0 spiro atoms. The summed E-state index contributed by atoms with van der Waals surface area (Å²) >= 11 is 0. The predicted molar refractivity (Wildman–Crippen MR) is 73.2 cm³/mol. The van der Waals surface area contributed by atoms with Crippen LogP contribution in [0.4, 0.5) is 24.8 Å². The summed E-state index contributed by atoms with van der Waals surface area (Å²) in [5, 5.41) is 5.46. The van der Waals surface area contributed by atoms with E-state index in [9.17, 15) is 17.4 Å². The maximum absolute atomic E-state index is 12.7. The molecule has 0 bridgehead atoms. The summed E-state index contributed by atoms with van der Waals surface area (Å²) in [6, 6.07) is 1.40. The first-order valence-corrected chi connectivity index (χ1v) is 7.64. The lowest BCUT2D eigenvalue weighted by atomic mass is 10.4. The highest BCUT2D eigenvalue weighted by Gasteiger charge is 2.35. The van der Waals surface area contributed by atoms with Crippen LogP contribution in [0.25, 0.3) is 0 Å². The second-order valence-corrected chi connectivity index (χ2v) is 5.71. The Bertz CT molecular complexity index is 467. The fourth-order valence-corrected chi connectivity index (χ4v) is 1.99. The van der Waals surface area contributed by atoms with E-state index in [-0.39, 0.29) is 11.6 Å². The molecular formula is C11H17F3N4OS. The SMILES string of the molecule is CCNc1cc(NCCS(=O)CC)nc(C(F)(F)F)n1. The number of halogens is 3. The van der Waals surface area contributed by atoms with Crippen LogP contribution in [0.3, 0.4) is 0 Å². The van der Waals surface area contributed by atoms with Crippen LogP contribution in [0.1, 0.15) is 19.7 Å². The molecule has 0 fully saturated rings. The zero-order valence-electron chi connectivity index (χ0n) is 11.3. The smallest absolute Gasteiger partial charge is 0.370 e. The van der Waals surface area contributed by atoms with E-state index in [1.807, 2.05) is 0 Å². The molecule has 2 N–H and O–H groups in total. The molecule has 1 aromatic heterocycles. The lowest BCUT2D eigenvalue weighted by Crippen LogP contribution is -2.17. The van der Waals surface area contributed by atoms with Crippen LogP contribution in [-0.4, -0.2) is 38.8 Å². The summed E-state index contributed by atoms with van der Waals surface area (Å²) in [5.74, 6) is -0.152. The minimum absolute atomic E-state index is 0.0661. The molecule has 0 amide bonds. The lowest BCUT2D eigenvalue weighted by Gasteiger charge is -2.12. The number of nitrogens with one attached hydrogen (secondary N) is 2. The Morgan fingerprint density at radius 3 is 2.30 bits per heavy atom. The average Bonchev–Trinajstić information content (AvgIpc) is 2.37. The Kier molecular flexibility index (Phi) is 6.18. The van der Waals surface area contributed by atoms with Gasteiger partial charge in [-0.2, -0.15) is 13.2 Å². The normalized spacial score (nSPS) is 13.1. The van der Waals surface area contributed by atoms with Crippen LogP contribution in [0.15, 0.2) is 6.07 Å². The van der Waals surface area contributed by atoms with Crippen molar-refractivity contribution in [2.75, 3.05) is 35.2 Å². The summed E-state index contributed by atoms with van der Waals surface area (Å²) in [4.78, 5) is 6.83. The van der Waals surface area contributed by atoms with Gasteiger partial charge < -0.3 is 10.6 Å². The van der Waals surface area contributed by atoms with Gasteiger partial charge in [-0.25, -0.2) is 9.97 Å². The maximum Gasteiger partial charge on any atom is 0.451 e. The third-order valence-electron chi connectivity index (χ3n) is 2.30. The Labute approximate surface area is 117 Å². The van der Waals surface area contributed by atoms with Crippen molar-refractivity contribution in [2.24, 2.45) is 0 Å². The second kappa shape index (κ2) is 7.41. The van der Waals surface area contributed by atoms with Crippen molar-refractivity contribution in [1.82, 2.24) is 9.97 Å². The molecule has 0 aromatic carbocycles. The lowest BCUT2D eigenvalue weighted by molar-refractivity contribution is -0.144. The van der Waals surface area contributed by atoms with Crippen LogP contribution in [0, 0.1) is 0 Å². The van der Waals surface area contributed by atoms with Gasteiger partial charge in [0, 0.05) is 41.5 Å². The third kappa shape index (κ3) is 5.32. The number of rotatable bonds is 7. The van der Waals surface area contributed by atoms with E-state index in [4.69, 9.17) is 0 Å². The molecule has 1 aromatic rings. The molecule has 114 valence electrons. The molecule has 1 heterocycles. The number of hydrogen-bond acceptors (Lipinski definition) is 5. The van der Waals surface area contributed by atoms with Gasteiger partial charge in [-0.3, -0.25) is 4.21 Å². The molecule has 0 aliphatic rings. The van der Waals surface area contributed by atoms with E-state index in [2.05, 4.69) is 20.6 Å². The number of alkyl halides is 3. The molecule has 0 saturated carbocycles. The molecule has 5 nitrogen and oxygen atoms in total. The van der Waals surface area contributed by atoms with E-state index in [1.54, 1.807) is 13.8 Å². The summed E-state index contributed by atoms with van der Waals surface area (Å²) < 4.78 is 49.2. The van der Waals surface area contributed by atoms with Crippen molar-refractivity contribution in [3.63, 3.8) is 0 Å². The molecule has 0 aliphatic carbocycles. The van der Waals surface area contributed by atoms with E-state index in [0.29, 0.717) is 24.6 Å². The first-order chi connectivity index (χ1) is 9.36. The van der Waals surface area contributed by atoms with Crippen LogP contribution in [0.2, 0.25) is 0 Å². The van der Waals surface area contributed by atoms with E-state index < -0.39 is 22.8 Å². The molecule has 9 heteroatoms. The first-order valence-electron chi connectivity index (χ1n) is 6.15. The van der Waals surface area contributed by atoms with Crippen molar-refractivity contribution in [2.45, 2.75) is 20.0 Å². The quantitative estimate of drug-likeness (QED) is 0.807. The second-order valence-electron chi connectivity index (χ2n) is 3.85. The van der Waals surface area contributed by atoms with Crippen molar-refractivity contribution in [1.29, 1.82) is 0 Å². The Hall–Kier alpha value is -1.38. The average molecular weight is 310 g/mol. The molecule has 1 unspecified atom stereocenters. The Balaban J connectivity index is 2.83. The standard InChI is InChI=1S/C11H17F3N4OS/c1-3-15-8-7-9(16-5-6-20(19)4-2)18-10(17-8)11(12,13)14/h7H,3-6H2,1-2H3,(H2,15,16,17,18). The molecule has 1 atom stereocenters. The van der Waals surface area contributed by atoms with Crippen LogP contribution in [-0.2, 0) is 17.0 Å². The van der Waals surface area contributed by atoms with E-state index in [0.717, 1.165) is 0 Å². The highest BCUT2D eigenvalue weighted by molar-refractivity contribution is 7.84. The van der Waals surface area contributed by atoms with Crippen molar-refractivity contribution < 1.29 is 17.4 Å². The van der Waals surface area contributed by atoms with Gasteiger partial charge in [0.1, 0.15) is 11.6 Å². The zero-order valence-corrected chi connectivity index (χ0v) is 12.1. The van der Waals surface area contributed by atoms with Gasteiger partial charge in [0.25, 0.3) is 0 Å². The topological polar surface area (TPSA) is 66.9 Å². The number of hydrogen-bond donors (Lipinski definition) is 2. The maximum atomic E-state index is 12.7. The number of aromatic nitrogens is 2. The molecule has 0 saturated heterocycles. The summed E-state index contributed by atoms with van der Waals surface area (Å²) in [7, 11) is -0.976. The fraction of sp³-hybridized carbons (Fsp3) is 0.636. The number of nitrogens with zero attached hydrogens (tertiary/aromatic N) is 2. The largest absolute Gasteiger partial charge is 0.451 e. The molecule has 0 aliphatic heterocycles. The number of anilines is 2. The third-order valence-corrected chi connectivity index (χ3v) is 3.60. The summed E-state index contributed by atoms with van der Waals surface area (Å²) in [5.41, 5.74) is 0. The van der Waals surface area contributed by atoms with Gasteiger partial charge in [0.05, 0.1) is 0 Å². The van der Waals surface area contributed by atoms with Gasteiger partial charge in [-0.1, -0.05) is 6.92 Å². The van der Waals surface area contributed by atoms with Gasteiger partial charge in [0.15, 0.2) is 0 Å². The van der Waals surface area contributed by atoms with Crippen LogP contribution >= 0.6 is 0 Å². The molecule has 1 rings (SSSR count). The van der Waals surface area contributed by atoms with Crippen molar-refractivity contribution >= 4 is 22.4 Å². The van der Waals surface area contributed by atoms with Gasteiger partial charge in [-0.15, -0.1) is 0 Å². The van der Waals surface area contributed by atoms with Crippen LogP contribution in [0.5, 0.6) is 0 Å². The highest BCUT2D eigenvalue weighted by atomic mass is 32.2. The van der Waals surface area contributed by atoms with Crippen molar-refractivity contribution in [3.05, 3.63) is 11.9 Å². The van der Waals surface area contributed by atoms with Gasteiger partial charge >= 0.3 is 6.18 Å². The summed E-state index contributed by atoms with van der Waals surface area (Å²) in [6.45, 7) is 4.28.